The summed E-state index contributed by atoms with van der Waals surface area (Å²) < 4.78 is 5.84. The van der Waals surface area contributed by atoms with Crippen LogP contribution in [0.25, 0.3) is 11.1 Å². The fourth-order valence-electron chi connectivity index (χ4n) is 11.7. The minimum Gasteiger partial charge on any atom is -0.448 e. The van der Waals surface area contributed by atoms with Crippen molar-refractivity contribution < 1.29 is 19.6 Å². The van der Waals surface area contributed by atoms with Crippen LogP contribution in [0.2, 0.25) is 13.6 Å². The molecule has 1 aliphatic carbocycles. The number of benzene rings is 5. The Morgan fingerprint density at radius 3 is 1.68 bits per heavy atom. The summed E-state index contributed by atoms with van der Waals surface area (Å²) in [7, 11) is -0.827. The van der Waals surface area contributed by atoms with Gasteiger partial charge < -0.3 is 29.3 Å². The molecule has 1 amide bonds. The zero-order chi connectivity index (χ0) is 45.2. The summed E-state index contributed by atoms with van der Waals surface area (Å²) in [5, 5.41) is 20.2. The van der Waals surface area contributed by atoms with Crippen molar-refractivity contribution in [2.75, 3.05) is 19.7 Å². The lowest BCUT2D eigenvalue weighted by Gasteiger charge is -2.37. The van der Waals surface area contributed by atoms with E-state index in [2.05, 4.69) is 185 Å². The highest BCUT2D eigenvalue weighted by Gasteiger charge is 2.50. The average Bonchev–Trinajstić information content (AvgIpc) is 3.97. The van der Waals surface area contributed by atoms with Crippen LogP contribution < -0.4 is 0 Å². The molecular formula is C54H69B2N3O4. The SMILES string of the molecule is CB(O)N1CCC[C@]1(C)c1ccccc1.CB(O)N1[C@@H](c2ccccc2)[C@H](c2ccccc2)CC1(C)C.CC1(C)CN(C(=O)OCC2c3ccccc3-c3ccccc32)C(C)(C)C1. The zero-order valence-corrected chi connectivity index (χ0v) is 39.2. The van der Waals surface area contributed by atoms with Gasteiger partial charge in [0.1, 0.15) is 6.61 Å². The largest absolute Gasteiger partial charge is 0.448 e. The molecule has 0 radical (unpaired) electrons. The highest BCUT2D eigenvalue weighted by Crippen LogP contribution is 2.52. The van der Waals surface area contributed by atoms with Gasteiger partial charge in [-0.1, -0.05) is 153 Å². The van der Waals surface area contributed by atoms with E-state index in [-0.39, 0.29) is 47.1 Å². The number of hydrogen-bond acceptors (Lipinski definition) is 6. The molecule has 0 bridgehead atoms. The van der Waals surface area contributed by atoms with E-state index in [9.17, 15) is 14.8 Å². The molecule has 3 saturated heterocycles. The average molecular weight is 846 g/mol. The van der Waals surface area contributed by atoms with Gasteiger partial charge in [-0.2, -0.15) is 0 Å². The van der Waals surface area contributed by atoms with E-state index in [0.717, 1.165) is 38.8 Å². The van der Waals surface area contributed by atoms with Crippen molar-refractivity contribution in [1.82, 2.24) is 14.5 Å². The highest BCUT2D eigenvalue weighted by molar-refractivity contribution is 6.46. The maximum Gasteiger partial charge on any atom is 0.410 e. The fourth-order valence-corrected chi connectivity index (χ4v) is 11.7. The van der Waals surface area contributed by atoms with E-state index >= 15 is 0 Å². The Bertz CT molecular complexity index is 2240. The monoisotopic (exact) mass is 846 g/mol. The summed E-state index contributed by atoms with van der Waals surface area (Å²) in [4.78, 5) is 19.2. The zero-order valence-electron chi connectivity index (χ0n) is 39.2. The maximum absolute atomic E-state index is 12.8. The van der Waals surface area contributed by atoms with Gasteiger partial charge in [0.25, 0.3) is 0 Å². The maximum atomic E-state index is 12.8. The molecule has 2 N–H and O–H groups in total. The van der Waals surface area contributed by atoms with Gasteiger partial charge >= 0.3 is 20.2 Å². The van der Waals surface area contributed by atoms with E-state index in [4.69, 9.17) is 4.74 Å². The molecule has 4 aliphatic rings. The Labute approximate surface area is 378 Å². The van der Waals surface area contributed by atoms with Gasteiger partial charge in [-0.25, -0.2) is 4.79 Å². The molecule has 0 saturated carbocycles. The standard InChI is InChI=1S/C23H27NO2.C19H24BNO.C12H18BNO/c1-22(2)14-23(3,4)24(15-22)21(25)26-13-20-18-11-7-5-9-16(18)17-10-6-8-12-19(17)20;1-19(2)14-17(15-10-6-4-7-11-15)18(21(19)20(3)22)16-12-8-5-9-13-16;1-12(11-7-4-3-5-8-11)9-6-10-14(12)13(2)15/h5-12,20H,13-15H2,1-4H3;4-13,17-18,22H,14H2,1-3H3;3-5,7-8,15H,6,9-10H2,1-2H3/t;17-,18-;12-/m.01/s1. The number of carbonyl (C=O) groups is 1. The van der Waals surface area contributed by atoms with Crippen molar-refractivity contribution in [1.29, 1.82) is 0 Å². The molecule has 3 aliphatic heterocycles. The number of likely N-dealkylation sites (tertiary alicyclic amines) is 1. The summed E-state index contributed by atoms with van der Waals surface area (Å²) in [6, 6.07) is 48.8. The van der Waals surface area contributed by atoms with Gasteiger partial charge in [-0.05, 0) is 125 Å². The van der Waals surface area contributed by atoms with Crippen LogP contribution in [0.15, 0.2) is 140 Å². The third-order valence-electron chi connectivity index (χ3n) is 14.2. The summed E-state index contributed by atoms with van der Waals surface area (Å²) in [5.74, 6) is 0.512. The van der Waals surface area contributed by atoms with Crippen molar-refractivity contribution in [2.45, 2.75) is 122 Å². The van der Waals surface area contributed by atoms with E-state index in [0.29, 0.717) is 12.5 Å². The molecule has 63 heavy (non-hydrogen) atoms. The van der Waals surface area contributed by atoms with Crippen LogP contribution in [0.5, 0.6) is 0 Å². The fraction of sp³-hybridized carbons (Fsp3) is 0.426. The summed E-state index contributed by atoms with van der Waals surface area (Å²) in [6.07, 6.45) is 4.13. The third-order valence-corrected chi connectivity index (χ3v) is 14.2. The molecule has 0 unspecified atom stereocenters. The van der Waals surface area contributed by atoms with Gasteiger partial charge in [0.05, 0.1) is 0 Å². The number of rotatable bonds is 7. The lowest BCUT2D eigenvalue weighted by atomic mass is 9.77. The van der Waals surface area contributed by atoms with E-state index < -0.39 is 7.05 Å². The van der Waals surface area contributed by atoms with Gasteiger partial charge in [0, 0.05) is 41.0 Å². The van der Waals surface area contributed by atoms with Crippen LogP contribution >= 0.6 is 0 Å². The lowest BCUT2D eigenvalue weighted by Crippen LogP contribution is -2.48. The van der Waals surface area contributed by atoms with Gasteiger partial charge in [-0.15, -0.1) is 0 Å². The van der Waals surface area contributed by atoms with Crippen molar-refractivity contribution >= 4 is 20.2 Å². The molecule has 9 rings (SSSR count). The Kier molecular flexibility index (Phi) is 13.8. The Morgan fingerprint density at radius 1 is 0.667 bits per heavy atom. The van der Waals surface area contributed by atoms with Crippen LogP contribution in [0, 0.1) is 5.41 Å². The van der Waals surface area contributed by atoms with Gasteiger partial charge in [-0.3, -0.25) is 0 Å². The second-order valence-electron chi connectivity index (χ2n) is 20.5. The van der Waals surface area contributed by atoms with Crippen LogP contribution in [-0.4, -0.2) is 75.5 Å². The minimum absolute atomic E-state index is 0.00935. The molecule has 9 heteroatoms. The topological polar surface area (TPSA) is 76.5 Å². The second-order valence-corrected chi connectivity index (χ2v) is 20.5. The van der Waals surface area contributed by atoms with E-state index in [1.165, 1.54) is 38.9 Å². The van der Waals surface area contributed by atoms with Crippen LogP contribution in [0.4, 0.5) is 4.79 Å². The van der Waals surface area contributed by atoms with Crippen molar-refractivity contribution in [3.8, 4) is 11.1 Å². The van der Waals surface area contributed by atoms with Crippen molar-refractivity contribution in [2.24, 2.45) is 5.41 Å². The summed E-state index contributed by atoms with van der Waals surface area (Å²) >= 11 is 0. The van der Waals surface area contributed by atoms with E-state index in [1.54, 1.807) is 0 Å². The Hall–Kier alpha value is -4.66. The minimum atomic E-state index is -0.464. The summed E-state index contributed by atoms with van der Waals surface area (Å²) in [6.45, 7) is 21.2. The lowest BCUT2D eigenvalue weighted by molar-refractivity contribution is 0.0775. The molecule has 3 fully saturated rings. The normalized spacial score (nSPS) is 23.1. The van der Waals surface area contributed by atoms with Gasteiger partial charge in [0.15, 0.2) is 0 Å². The predicted molar refractivity (Wildman–Crippen MR) is 261 cm³/mol. The molecule has 3 atom stereocenters. The molecular weight excluding hydrogens is 776 g/mol. The summed E-state index contributed by atoms with van der Waals surface area (Å²) in [5.41, 5.74) is 8.91. The van der Waals surface area contributed by atoms with Crippen molar-refractivity contribution in [3.05, 3.63) is 167 Å². The highest BCUT2D eigenvalue weighted by atomic mass is 16.6. The smallest absolute Gasteiger partial charge is 0.410 e. The van der Waals surface area contributed by atoms with E-state index in [1.807, 2.05) is 30.7 Å². The van der Waals surface area contributed by atoms with Crippen LogP contribution in [-0.2, 0) is 10.3 Å². The first-order valence-electron chi connectivity index (χ1n) is 23.1. The first-order valence-corrected chi connectivity index (χ1v) is 23.1. The number of ether oxygens (including phenoxy) is 1. The number of hydrogen-bond donors (Lipinski definition) is 2. The van der Waals surface area contributed by atoms with Crippen LogP contribution in [0.1, 0.15) is 120 Å². The first kappa shape index (κ1) is 46.3. The predicted octanol–water partition coefficient (Wildman–Crippen LogP) is 11.7. The number of nitrogens with zero attached hydrogens (tertiary/aromatic N) is 3. The first-order chi connectivity index (χ1) is 29.9. The van der Waals surface area contributed by atoms with Gasteiger partial charge in [0.2, 0.25) is 0 Å². The molecule has 0 aromatic heterocycles. The van der Waals surface area contributed by atoms with Crippen LogP contribution in [0.3, 0.4) is 0 Å². The quantitative estimate of drug-likeness (QED) is 0.159. The van der Waals surface area contributed by atoms with Crippen molar-refractivity contribution in [3.63, 3.8) is 0 Å². The second kappa shape index (κ2) is 18.8. The molecule has 5 aromatic rings. The molecule has 5 aromatic carbocycles. The molecule has 3 heterocycles. The Morgan fingerprint density at radius 2 is 1.17 bits per heavy atom. The Balaban J connectivity index is 0.000000147. The molecule has 0 spiro atoms. The third kappa shape index (κ3) is 9.88. The molecule has 330 valence electrons. The number of amides is 1. The number of carbonyl (C=O) groups excluding carboxylic acids is 1. The molecule has 7 nitrogen and oxygen atoms in total. The number of fused-ring (bicyclic) bond motifs is 3.